The molecule has 1 aromatic carbocycles. The predicted octanol–water partition coefficient (Wildman–Crippen LogP) is 3.67. The molecule has 0 aliphatic carbocycles. The smallest absolute Gasteiger partial charge is 0.277 e. The van der Waals surface area contributed by atoms with E-state index >= 15 is 0 Å². The Morgan fingerprint density at radius 3 is 2.81 bits per heavy atom. The number of thiazole rings is 1. The van der Waals surface area contributed by atoms with Gasteiger partial charge in [0.15, 0.2) is 11.6 Å². The van der Waals surface area contributed by atoms with E-state index in [0.29, 0.717) is 11.6 Å². The molecule has 21 heavy (non-hydrogen) atoms. The monoisotopic (exact) mass is 299 g/mol. The summed E-state index contributed by atoms with van der Waals surface area (Å²) in [4.78, 5) is 20.5. The van der Waals surface area contributed by atoms with Crippen molar-refractivity contribution >= 4 is 22.9 Å². The molecule has 1 amide bonds. The number of carbonyl (C=O) groups is 1. The molecule has 2 aromatic heterocycles. The lowest BCUT2D eigenvalue weighted by Gasteiger charge is -2.04. The minimum Gasteiger partial charge on any atom is -0.448 e. The Kier molecular flexibility index (Phi) is 3.53. The van der Waals surface area contributed by atoms with E-state index in [1.54, 1.807) is 18.3 Å². The van der Waals surface area contributed by atoms with E-state index in [0.717, 1.165) is 16.3 Å². The topological polar surface area (TPSA) is 68.0 Å². The predicted molar refractivity (Wildman–Crippen MR) is 81.5 cm³/mol. The minimum atomic E-state index is -0.293. The number of anilines is 1. The molecule has 1 N–H and O–H groups in total. The molecular formula is C15H13N3O2S. The highest BCUT2D eigenvalue weighted by Crippen LogP contribution is 2.24. The van der Waals surface area contributed by atoms with Gasteiger partial charge in [-0.15, -0.1) is 11.3 Å². The Morgan fingerprint density at radius 2 is 2.14 bits per heavy atom. The second-order valence-corrected chi connectivity index (χ2v) is 5.60. The zero-order valence-corrected chi connectivity index (χ0v) is 12.4. The van der Waals surface area contributed by atoms with Crippen LogP contribution in [-0.4, -0.2) is 15.9 Å². The van der Waals surface area contributed by atoms with E-state index in [4.69, 9.17) is 4.42 Å². The Morgan fingerprint density at radius 1 is 1.29 bits per heavy atom. The lowest BCUT2D eigenvalue weighted by molar-refractivity contribution is 0.102. The molecule has 0 spiro atoms. The number of hydrogen-bond acceptors (Lipinski definition) is 5. The molecule has 0 saturated carbocycles. The van der Waals surface area contributed by atoms with E-state index < -0.39 is 0 Å². The van der Waals surface area contributed by atoms with Crippen molar-refractivity contribution in [1.82, 2.24) is 9.97 Å². The third-order valence-electron chi connectivity index (χ3n) is 2.89. The van der Waals surface area contributed by atoms with Gasteiger partial charge in [-0.05, 0) is 19.1 Å². The van der Waals surface area contributed by atoms with Gasteiger partial charge in [0.25, 0.3) is 5.91 Å². The number of nitrogens with zero attached hydrogens (tertiary/aromatic N) is 2. The highest BCUT2D eigenvalue weighted by Gasteiger charge is 2.11. The number of nitrogens with one attached hydrogen (secondary N) is 1. The number of benzene rings is 1. The zero-order valence-electron chi connectivity index (χ0n) is 11.6. The first-order chi connectivity index (χ1) is 10.1. The number of oxazole rings is 1. The van der Waals surface area contributed by atoms with Gasteiger partial charge in [0.05, 0.1) is 10.7 Å². The molecule has 0 unspecified atom stereocenters. The van der Waals surface area contributed by atoms with Crippen LogP contribution in [0.3, 0.4) is 0 Å². The third kappa shape index (κ3) is 3.00. The molecule has 0 radical (unpaired) electrons. The van der Waals surface area contributed by atoms with Crippen LogP contribution in [-0.2, 0) is 0 Å². The van der Waals surface area contributed by atoms with Crippen molar-refractivity contribution in [2.24, 2.45) is 0 Å². The molecule has 0 bridgehead atoms. The average Bonchev–Trinajstić information content (AvgIpc) is 3.08. The maximum atomic E-state index is 12.0. The van der Waals surface area contributed by atoms with Gasteiger partial charge in [0.1, 0.15) is 6.26 Å². The van der Waals surface area contributed by atoms with E-state index in [9.17, 15) is 4.79 Å². The third-order valence-corrected chi connectivity index (χ3v) is 3.66. The molecule has 3 aromatic rings. The molecule has 106 valence electrons. The SMILES string of the molecule is Cc1nc(C(=O)Nc2cccc(-c3csc(C)n3)c2)co1. The van der Waals surface area contributed by atoms with Gasteiger partial charge in [-0.1, -0.05) is 12.1 Å². The van der Waals surface area contributed by atoms with Crippen molar-refractivity contribution in [2.45, 2.75) is 13.8 Å². The molecule has 0 fully saturated rings. The van der Waals surface area contributed by atoms with Crippen LogP contribution in [0.2, 0.25) is 0 Å². The van der Waals surface area contributed by atoms with Crippen molar-refractivity contribution < 1.29 is 9.21 Å². The van der Waals surface area contributed by atoms with E-state index in [-0.39, 0.29) is 11.6 Å². The van der Waals surface area contributed by atoms with Crippen LogP contribution in [0.4, 0.5) is 5.69 Å². The molecule has 0 aliphatic rings. The second kappa shape index (κ2) is 5.49. The van der Waals surface area contributed by atoms with Crippen molar-refractivity contribution in [2.75, 3.05) is 5.32 Å². The van der Waals surface area contributed by atoms with Gasteiger partial charge in [0, 0.05) is 23.6 Å². The largest absolute Gasteiger partial charge is 0.448 e. The number of amides is 1. The lowest BCUT2D eigenvalue weighted by Crippen LogP contribution is -2.12. The number of hydrogen-bond donors (Lipinski definition) is 1. The molecule has 0 saturated heterocycles. The van der Waals surface area contributed by atoms with Crippen molar-refractivity contribution in [1.29, 1.82) is 0 Å². The molecule has 3 rings (SSSR count). The first kappa shape index (κ1) is 13.5. The van der Waals surface area contributed by atoms with E-state index in [1.807, 2.05) is 36.6 Å². The normalized spacial score (nSPS) is 10.6. The number of rotatable bonds is 3. The first-order valence-corrected chi connectivity index (χ1v) is 7.26. The lowest BCUT2D eigenvalue weighted by atomic mass is 10.1. The maximum Gasteiger partial charge on any atom is 0.277 e. The van der Waals surface area contributed by atoms with Crippen LogP contribution >= 0.6 is 11.3 Å². The minimum absolute atomic E-state index is 0.266. The summed E-state index contributed by atoms with van der Waals surface area (Å²) in [5, 5.41) is 5.81. The fourth-order valence-electron chi connectivity index (χ4n) is 1.92. The standard InChI is InChI=1S/C15H13N3O2S/c1-9-16-13(7-20-9)15(19)18-12-5-3-4-11(6-12)14-8-21-10(2)17-14/h3-8H,1-2H3,(H,18,19). The number of aromatic nitrogens is 2. The average molecular weight is 299 g/mol. The molecule has 0 atom stereocenters. The Labute approximate surface area is 125 Å². The molecule has 2 heterocycles. The van der Waals surface area contributed by atoms with Crippen LogP contribution in [0.5, 0.6) is 0 Å². The summed E-state index contributed by atoms with van der Waals surface area (Å²) < 4.78 is 5.04. The summed E-state index contributed by atoms with van der Waals surface area (Å²) in [6.07, 6.45) is 1.35. The van der Waals surface area contributed by atoms with Crippen LogP contribution < -0.4 is 5.32 Å². The van der Waals surface area contributed by atoms with Crippen molar-refractivity contribution in [3.8, 4) is 11.3 Å². The highest BCUT2D eigenvalue weighted by atomic mass is 32.1. The first-order valence-electron chi connectivity index (χ1n) is 6.38. The van der Waals surface area contributed by atoms with Crippen LogP contribution in [0.25, 0.3) is 11.3 Å². The van der Waals surface area contributed by atoms with E-state index in [1.165, 1.54) is 6.26 Å². The summed E-state index contributed by atoms with van der Waals surface area (Å²) in [5.41, 5.74) is 2.84. The van der Waals surface area contributed by atoms with Crippen molar-refractivity contribution in [3.63, 3.8) is 0 Å². The Bertz CT molecular complexity index is 792. The summed E-state index contributed by atoms with van der Waals surface area (Å²) >= 11 is 1.60. The quantitative estimate of drug-likeness (QED) is 0.801. The van der Waals surface area contributed by atoms with Crippen molar-refractivity contribution in [3.05, 3.63) is 52.5 Å². The van der Waals surface area contributed by atoms with Gasteiger partial charge < -0.3 is 9.73 Å². The fourth-order valence-corrected chi connectivity index (χ4v) is 2.54. The number of aryl methyl sites for hydroxylation is 2. The van der Waals surface area contributed by atoms with Gasteiger partial charge in [-0.25, -0.2) is 9.97 Å². The van der Waals surface area contributed by atoms with Crippen LogP contribution in [0.1, 0.15) is 21.4 Å². The van der Waals surface area contributed by atoms with Gasteiger partial charge >= 0.3 is 0 Å². The van der Waals surface area contributed by atoms with Crippen LogP contribution in [0.15, 0.2) is 40.3 Å². The second-order valence-electron chi connectivity index (χ2n) is 4.54. The van der Waals surface area contributed by atoms with Gasteiger partial charge in [0.2, 0.25) is 0 Å². The summed E-state index contributed by atoms with van der Waals surface area (Å²) in [7, 11) is 0. The van der Waals surface area contributed by atoms with Crippen LogP contribution in [0, 0.1) is 13.8 Å². The summed E-state index contributed by atoms with van der Waals surface area (Å²) in [6, 6.07) is 7.56. The molecule has 0 aliphatic heterocycles. The molecule has 5 nitrogen and oxygen atoms in total. The molecule has 6 heteroatoms. The zero-order chi connectivity index (χ0) is 14.8. The van der Waals surface area contributed by atoms with Gasteiger partial charge in [-0.3, -0.25) is 4.79 Å². The Hall–Kier alpha value is -2.47. The fraction of sp³-hybridized carbons (Fsp3) is 0.133. The van der Waals surface area contributed by atoms with Gasteiger partial charge in [-0.2, -0.15) is 0 Å². The highest BCUT2D eigenvalue weighted by molar-refractivity contribution is 7.09. The summed E-state index contributed by atoms with van der Waals surface area (Å²) in [5.74, 6) is 0.172. The maximum absolute atomic E-state index is 12.0. The summed E-state index contributed by atoms with van der Waals surface area (Å²) in [6.45, 7) is 3.66. The van der Waals surface area contributed by atoms with E-state index in [2.05, 4.69) is 15.3 Å². The number of carbonyl (C=O) groups excluding carboxylic acids is 1. The molecular weight excluding hydrogens is 286 g/mol. The Balaban J connectivity index is 1.82.